The first kappa shape index (κ1) is 17.8. The topological polar surface area (TPSA) is 56.1 Å². The van der Waals surface area contributed by atoms with Crippen LogP contribution in [-0.2, 0) is 4.79 Å². The maximum atomic E-state index is 12.4. The highest BCUT2D eigenvalue weighted by molar-refractivity contribution is 6.30. The van der Waals surface area contributed by atoms with Crippen LogP contribution in [0.1, 0.15) is 50.6 Å². The molecule has 0 radical (unpaired) electrons. The molecular formula is C18H24ClN3O. The van der Waals surface area contributed by atoms with Gasteiger partial charge in [0.25, 0.3) is 0 Å². The van der Waals surface area contributed by atoms with Crippen LogP contribution in [0.25, 0.3) is 0 Å². The minimum absolute atomic E-state index is 0.0863. The van der Waals surface area contributed by atoms with Crippen LogP contribution < -0.4 is 5.32 Å². The molecule has 1 aliphatic carbocycles. The molecule has 1 aromatic carbocycles. The predicted octanol–water partition coefficient (Wildman–Crippen LogP) is 3.68. The third-order valence-corrected chi connectivity index (χ3v) is 4.96. The summed E-state index contributed by atoms with van der Waals surface area (Å²) in [5.41, 5.74) is 0.442. The fourth-order valence-corrected chi connectivity index (χ4v) is 3.21. The van der Waals surface area contributed by atoms with Crippen LogP contribution in [-0.4, -0.2) is 29.9 Å². The lowest BCUT2D eigenvalue weighted by atomic mass is 9.83. The molecule has 1 fully saturated rings. The van der Waals surface area contributed by atoms with Crippen LogP contribution >= 0.6 is 11.6 Å². The van der Waals surface area contributed by atoms with Crippen molar-refractivity contribution >= 4 is 17.5 Å². The van der Waals surface area contributed by atoms with Crippen LogP contribution in [0.4, 0.5) is 0 Å². The van der Waals surface area contributed by atoms with Gasteiger partial charge in [-0.25, -0.2) is 0 Å². The van der Waals surface area contributed by atoms with Crippen LogP contribution in [0.3, 0.4) is 0 Å². The lowest BCUT2D eigenvalue weighted by Crippen LogP contribution is -2.51. The van der Waals surface area contributed by atoms with Gasteiger partial charge in [-0.15, -0.1) is 0 Å². The highest BCUT2D eigenvalue weighted by Gasteiger charge is 2.33. The summed E-state index contributed by atoms with van der Waals surface area (Å²) in [7, 11) is 1.92. The Bertz CT molecular complexity index is 573. The molecule has 1 aromatic rings. The smallest absolute Gasteiger partial charge is 0.235 e. The second-order valence-corrected chi connectivity index (χ2v) is 6.88. The highest BCUT2D eigenvalue weighted by Crippen LogP contribution is 2.27. The van der Waals surface area contributed by atoms with Gasteiger partial charge >= 0.3 is 0 Å². The number of hydrogen-bond donors (Lipinski definition) is 1. The summed E-state index contributed by atoms with van der Waals surface area (Å²) in [5.74, 6) is -0.0863. The number of nitrogens with zero attached hydrogens (tertiary/aromatic N) is 2. The van der Waals surface area contributed by atoms with Gasteiger partial charge < -0.3 is 5.32 Å². The van der Waals surface area contributed by atoms with E-state index < -0.39 is 5.54 Å². The van der Waals surface area contributed by atoms with Gasteiger partial charge in [0.05, 0.1) is 12.6 Å². The Balaban J connectivity index is 1.93. The molecule has 0 spiro atoms. The lowest BCUT2D eigenvalue weighted by Gasteiger charge is -2.33. The molecule has 0 saturated heterocycles. The summed E-state index contributed by atoms with van der Waals surface area (Å²) in [6.45, 7) is 2.32. The van der Waals surface area contributed by atoms with E-state index in [4.69, 9.17) is 11.6 Å². The Morgan fingerprint density at radius 2 is 1.96 bits per heavy atom. The van der Waals surface area contributed by atoms with E-state index in [1.54, 1.807) is 0 Å². The number of nitrogens with one attached hydrogen (secondary N) is 1. The third-order valence-electron chi connectivity index (χ3n) is 4.71. The van der Waals surface area contributed by atoms with Crippen molar-refractivity contribution in [2.24, 2.45) is 0 Å². The van der Waals surface area contributed by atoms with E-state index in [-0.39, 0.29) is 18.5 Å². The first-order chi connectivity index (χ1) is 11.0. The molecule has 1 saturated carbocycles. The molecule has 1 unspecified atom stereocenters. The van der Waals surface area contributed by atoms with Crippen molar-refractivity contribution < 1.29 is 4.79 Å². The van der Waals surface area contributed by atoms with Crippen molar-refractivity contribution in [2.75, 3.05) is 13.6 Å². The molecular weight excluding hydrogens is 310 g/mol. The zero-order valence-electron chi connectivity index (χ0n) is 13.8. The zero-order chi connectivity index (χ0) is 16.9. The number of benzene rings is 1. The quantitative estimate of drug-likeness (QED) is 0.894. The number of hydrogen-bond acceptors (Lipinski definition) is 3. The van der Waals surface area contributed by atoms with Crippen molar-refractivity contribution in [3.8, 4) is 6.07 Å². The van der Waals surface area contributed by atoms with Gasteiger partial charge in [-0.2, -0.15) is 5.26 Å². The van der Waals surface area contributed by atoms with E-state index in [2.05, 4.69) is 18.3 Å². The van der Waals surface area contributed by atoms with Crippen LogP contribution in [0.5, 0.6) is 0 Å². The minimum Gasteiger partial charge on any atom is -0.337 e. The van der Waals surface area contributed by atoms with E-state index in [1.807, 2.05) is 36.2 Å². The highest BCUT2D eigenvalue weighted by atomic mass is 35.5. The van der Waals surface area contributed by atoms with Crippen molar-refractivity contribution in [2.45, 2.75) is 50.6 Å². The Morgan fingerprint density at radius 3 is 2.52 bits per heavy atom. The first-order valence-electron chi connectivity index (χ1n) is 8.14. The fraction of sp³-hybridized carbons (Fsp3) is 0.556. The van der Waals surface area contributed by atoms with E-state index in [0.29, 0.717) is 5.02 Å². The van der Waals surface area contributed by atoms with E-state index in [0.717, 1.165) is 37.7 Å². The summed E-state index contributed by atoms with van der Waals surface area (Å²) < 4.78 is 0. The average Bonchev–Trinajstić information content (AvgIpc) is 2.55. The van der Waals surface area contributed by atoms with Gasteiger partial charge in [-0.3, -0.25) is 9.69 Å². The van der Waals surface area contributed by atoms with Crippen LogP contribution in [0.15, 0.2) is 24.3 Å². The number of halogens is 1. The molecule has 0 aromatic heterocycles. The molecule has 5 heteroatoms. The molecule has 23 heavy (non-hydrogen) atoms. The Labute approximate surface area is 143 Å². The van der Waals surface area contributed by atoms with E-state index >= 15 is 0 Å². The first-order valence-corrected chi connectivity index (χ1v) is 8.51. The summed E-state index contributed by atoms with van der Waals surface area (Å²) in [4.78, 5) is 14.3. The summed E-state index contributed by atoms with van der Waals surface area (Å²) in [6.07, 6.45) is 4.67. The molecule has 4 nitrogen and oxygen atoms in total. The maximum absolute atomic E-state index is 12.4. The number of carbonyl (C=O) groups is 1. The Morgan fingerprint density at radius 1 is 1.35 bits per heavy atom. The van der Waals surface area contributed by atoms with Crippen LogP contribution in [0, 0.1) is 11.3 Å². The summed E-state index contributed by atoms with van der Waals surface area (Å²) >= 11 is 5.91. The van der Waals surface area contributed by atoms with E-state index in [1.165, 1.54) is 0 Å². The SMILES string of the molecule is CC(c1ccc(Cl)cc1)N(C)CC(=O)NC1(C#N)CCCCC1. The van der Waals surface area contributed by atoms with Gasteiger partial charge in [-0.1, -0.05) is 43.0 Å². The molecule has 0 aliphatic heterocycles. The monoisotopic (exact) mass is 333 g/mol. The Hall–Kier alpha value is -1.57. The largest absolute Gasteiger partial charge is 0.337 e. The van der Waals surface area contributed by atoms with Gasteiger partial charge in [0.2, 0.25) is 5.91 Å². The molecule has 0 heterocycles. The third kappa shape index (κ3) is 4.70. The number of nitriles is 1. The molecule has 1 amide bonds. The van der Waals surface area contributed by atoms with E-state index in [9.17, 15) is 10.1 Å². The van der Waals surface area contributed by atoms with Gasteiger partial charge in [-0.05, 0) is 44.5 Å². The minimum atomic E-state index is -0.667. The summed E-state index contributed by atoms with van der Waals surface area (Å²) in [6, 6.07) is 10.1. The maximum Gasteiger partial charge on any atom is 0.235 e. The predicted molar refractivity (Wildman–Crippen MR) is 92.1 cm³/mol. The van der Waals surface area contributed by atoms with Gasteiger partial charge in [0.1, 0.15) is 5.54 Å². The van der Waals surface area contributed by atoms with Gasteiger partial charge in [0, 0.05) is 11.1 Å². The second kappa shape index (κ2) is 7.81. The molecule has 1 aliphatic rings. The number of rotatable bonds is 5. The molecule has 2 rings (SSSR count). The molecule has 0 bridgehead atoms. The van der Waals surface area contributed by atoms with Gasteiger partial charge in [0.15, 0.2) is 0 Å². The second-order valence-electron chi connectivity index (χ2n) is 6.45. The lowest BCUT2D eigenvalue weighted by molar-refractivity contribution is -0.124. The molecule has 124 valence electrons. The molecule has 1 N–H and O–H groups in total. The van der Waals surface area contributed by atoms with Crippen LogP contribution in [0.2, 0.25) is 5.02 Å². The molecule has 1 atom stereocenters. The standard InChI is InChI=1S/C18H24ClN3O/c1-14(15-6-8-16(19)9-7-15)22(2)12-17(23)21-18(13-20)10-4-3-5-11-18/h6-9,14H,3-5,10-12H2,1-2H3,(H,21,23). The normalized spacial score (nSPS) is 18.2. The Kier molecular flexibility index (Phi) is 6.04. The van der Waals surface area contributed by atoms with Crippen molar-refractivity contribution in [1.82, 2.24) is 10.2 Å². The van der Waals surface area contributed by atoms with Crippen molar-refractivity contribution in [1.29, 1.82) is 5.26 Å². The zero-order valence-corrected chi connectivity index (χ0v) is 14.6. The number of carbonyl (C=O) groups excluding carboxylic acids is 1. The number of amides is 1. The number of likely N-dealkylation sites (N-methyl/N-ethyl adjacent to an activating group) is 1. The van der Waals surface area contributed by atoms with Crippen molar-refractivity contribution in [3.05, 3.63) is 34.9 Å². The summed E-state index contributed by atoms with van der Waals surface area (Å²) in [5, 5.41) is 13.1. The van der Waals surface area contributed by atoms with Crippen molar-refractivity contribution in [3.63, 3.8) is 0 Å². The fourth-order valence-electron chi connectivity index (χ4n) is 3.09. The average molecular weight is 334 g/mol.